The number of aromatic nitrogens is 1. The Labute approximate surface area is 134 Å². The van der Waals surface area contributed by atoms with E-state index in [1.807, 2.05) is 24.5 Å². The maximum atomic E-state index is 12.1. The second-order valence-corrected chi connectivity index (χ2v) is 5.43. The minimum atomic E-state index is -0.476. The molecule has 2 rings (SSSR count). The van der Waals surface area contributed by atoms with E-state index in [9.17, 15) is 14.9 Å². The summed E-state index contributed by atoms with van der Waals surface area (Å²) in [6.45, 7) is 4.08. The largest absolute Gasteiger partial charge is 0.320 e. The number of nitrogens with one attached hydrogen (secondary N) is 1. The molecule has 0 bridgehead atoms. The molecule has 1 N–H and O–H groups in total. The highest BCUT2D eigenvalue weighted by Crippen LogP contribution is 2.21. The number of rotatable bonds is 6. The van der Waals surface area contributed by atoms with Crippen LogP contribution in [0.25, 0.3) is 0 Å². The standard InChI is InChI=1S/C17H19N3O3/c1-3-4-14-7-9-19(10-8-14)12-17(21)18-16-11-15(20(22)23)6-5-13(16)2/h5-11H,3-4,12H2,1-2H3/p+1. The van der Waals surface area contributed by atoms with Crippen molar-refractivity contribution >= 4 is 17.3 Å². The number of pyridine rings is 1. The van der Waals surface area contributed by atoms with E-state index in [0.29, 0.717) is 5.69 Å². The number of aryl methyl sites for hydroxylation is 2. The van der Waals surface area contributed by atoms with E-state index in [4.69, 9.17) is 0 Å². The van der Waals surface area contributed by atoms with Crippen molar-refractivity contribution in [3.63, 3.8) is 0 Å². The maximum absolute atomic E-state index is 12.1. The Bertz CT molecular complexity index is 712. The van der Waals surface area contributed by atoms with Crippen LogP contribution in [0, 0.1) is 17.0 Å². The van der Waals surface area contributed by atoms with Gasteiger partial charge in [0, 0.05) is 24.3 Å². The van der Waals surface area contributed by atoms with Crippen molar-refractivity contribution in [1.82, 2.24) is 0 Å². The molecule has 0 radical (unpaired) electrons. The molecule has 1 aromatic carbocycles. The summed E-state index contributed by atoms with van der Waals surface area (Å²) in [6, 6.07) is 8.42. The summed E-state index contributed by atoms with van der Waals surface area (Å²) in [5.41, 5.74) is 2.45. The summed E-state index contributed by atoms with van der Waals surface area (Å²) in [5.74, 6) is -0.221. The predicted octanol–water partition coefficient (Wildman–Crippen LogP) is 2.78. The van der Waals surface area contributed by atoms with E-state index >= 15 is 0 Å². The number of anilines is 1. The summed E-state index contributed by atoms with van der Waals surface area (Å²) in [6.07, 6.45) is 5.83. The molecule has 1 heterocycles. The Hall–Kier alpha value is -2.76. The first-order chi connectivity index (χ1) is 11.0. The van der Waals surface area contributed by atoms with Crippen molar-refractivity contribution in [2.75, 3.05) is 5.32 Å². The zero-order valence-corrected chi connectivity index (χ0v) is 13.3. The minimum Gasteiger partial charge on any atom is -0.320 e. The van der Waals surface area contributed by atoms with Crippen LogP contribution in [-0.4, -0.2) is 10.8 Å². The first kappa shape index (κ1) is 16.6. The van der Waals surface area contributed by atoms with Gasteiger partial charge in [-0.15, -0.1) is 0 Å². The Morgan fingerprint density at radius 2 is 1.96 bits per heavy atom. The molecule has 23 heavy (non-hydrogen) atoms. The van der Waals surface area contributed by atoms with Crippen LogP contribution in [0.5, 0.6) is 0 Å². The van der Waals surface area contributed by atoms with Gasteiger partial charge in [-0.25, -0.2) is 0 Å². The lowest BCUT2D eigenvalue weighted by molar-refractivity contribution is -0.684. The van der Waals surface area contributed by atoms with E-state index in [2.05, 4.69) is 12.2 Å². The van der Waals surface area contributed by atoms with Crippen molar-refractivity contribution in [3.05, 3.63) is 64.0 Å². The number of nitro groups is 1. The number of amides is 1. The smallest absolute Gasteiger partial charge is 0.290 e. The highest BCUT2D eigenvalue weighted by molar-refractivity contribution is 5.90. The minimum absolute atomic E-state index is 0.0394. The van der Waals surface area contributed by atoms with Crippen molar-refractivity contribution in [1.29, 1.82) is 0 Å². The number of hydrogen-bond acceptors (Lipinski definition) is 3. The van der Waals surface area contributed by atoms with Crippen LogP contribution in [0.15, 0.2) is 42.7 Å². The summed E-state index contributed by atoms with van der Waals surface area (Å²) in [7, 11) is 0. The fourth-order valence-corrected chi connectivity index (χ4v) is 2.26. The van der Waals surface area contributed by atoms with Crippen LogP contribution in [0.2, 0.25) is 0 Å². The Balaban J connectivity index is 2.04. The van der Waals surface area contributed by atoms with Gasteiger partial charge in [0.2, 0.25) is 6.54 Å². The van der Waals surface area contributed by atoms with Gasteiger partial charge in [-0.1, -0.05) is 19.4 Å². The van der Waals surface area contributed by atoms with Crippen LogP contribution < -0.4 is 9.88 Å². The first-order valence-corrected chi connectivity index (χ1v) is 7.52. The predicted molar refractivity (Wildman–Crippen MR) is 87.1 cm³/mol. The van der Waals surface area contributed by atoms with Crippen molar-refractivity contribution in [3.8, 4) is 0 Å². The van der Waals surface area contributed by atoms with E-state index in [-0.39, 0.29) is 18.1 Å². The van der Waals surface area contributed by atoms with Gasteiger partial charge in [-0.05, 0) is 24.5 Å². The molecule has 6 nitrogen and oxygen atoms in total. The van der Waals surface area contributed by atoms with Gasteiger partial charge in [-0.2, -0.15) is 4.57 Å². The number of nitro benzene ring substituents is 1. The Kier molecular flexibility index (Phi) is 5.41. The molecule has 2 aromatic rings. The van der Waals surface area contributed by atoms with Gasteiger partial charge >= 0.3 is 0 Å². The summed E-state index contributed by atoms with van der Waals surface area (Å²) >= 11 is 0. The monoisotopic (exact) mass is 314 g/mol. The molecule has 0 aliphatic carbocycles. The highest BCUT2D eigenvalue weighted by atomic mass is 16.6. The number of carbonyl (C=O) groups is 1. The molecule has 0 atom stereocenters. The fraction of sp³-hybridized carbons (Fsp3) is 0.294. The normalized spacial score (nSPS) is 10.3. The number of benzene rings is 1. The van der Waals surface area contributed by atoms with E-state index in [1.165, 1.54) is 17.7 Å². The highest BCUT2D eigenvalue weighted by Gasteiger charge is 2.14. The summed E-state index contributed by atoms with van der Waals surface area (Å²) in [5, 5.41) is 13.5. The third kappa shape index (κ3) is 4.60. The van der Waals surface area contributed by atoms with Crippen LogP contribution in [-0.2, 0) is 17.8 Å². The van der Waals surface area contributed by atoms with E-state index < -0.39 is 4.92 Å². The van der Waals surface area contributed by atoms with Gasteiger partial charge in [-0.3, -0.25) is 14.9 Å². The number of nitrogens with zero attached hydrogens (tertiary/aromatic N) is 2. The average molecular weight is 314 g/mol. The Morgan fingerprint density at radius 3 is 2.57 bits per heavy atom. The molecular formula is C17H20N3O3+. The van der Waals surface area contributed by atoms with Crippen LogP contribution in [0.4, 0.5) is 11.4 Å². The van der Waals surface area contributed by atoms with Crippen molar-refractivity contribution in [2.24, 2.45) is 0 Å². The third-order valence-electron chi connectivity index (χ3n) is 3.53. The van der Waals surface area contributed by atoms with Gasteiger partial charge in [0.05, 0.1) is 10.6 Å². The summed E-state index contributed by atoms with van der Waals surface area (Å²) in [4.78, 5) is 22.5. The topological polar surface area (TPSA) is 76.1 Å². The van der Waals surface area contributed by atoms with Crippen LogP contribution >= 0.6 is 0 Å². The van der Waals surface area contributed by atoms with Gasteiger partial charge in [0.25, 0.3) is 11.6 Å². The SMILES string of the molecule is CCCc1cc[n+](CC(=O)Nc2cc([N+](=O)[O-])ccc2C)cc1. The molecule has 1 aromatic heterocycles. The molecule has 0 unspecified atom stereocenters. The van der Waals surface area contributed by atoms with Gasteiger partial charge in [0.15, 0.2) is 12.4 Å². The molecule has 0 spiro atoms. The van der Waals surface area contributed by atoms with E-state index in [0.717, 1.165) is 18.4 Å². The Morgan fingerprint density at radius 1 is 1.26 bits per heavy atom. The van der Waals surface area contributed by atoms with Gasteiger partial charge < -0.3 is 5.32 Å². The maximum Gasteiger partial charge on any atom is 0.290 e. The quantitative estimate of drug-likeness (QED) is 0.506. The van der Waals surface area contributed by atoms with Gasteiger partial charge in [0.1, 0.15) is 0 Å². The first-order valence-electron chi connectivity index (χ1n) is 7.52. The zero-order valence-electron chi connectivity index (χ0n) is 13.3. The fourth-order valence-electron chi connectivity index (χ4n) is 2.26. The lowest BCUT2D eigenvalue weighted by Gasteiger charge is -2.06. The molecule has 0 aliphatic rings. The molecule has 0 aliphatic heterocycles. The third-order valence-corrected chi connectivity index (χ3v) is 3.53. The molecule has 6 heteroatoms. The molecule has 0 saturated heterocycles. The number of hydrogen-bond donors (Lipinski definition) is 1. The lowest BCUT2D eigenvalue weighted by atomic mass is 10.1. The number of non-ortho nitro benzene ring substituents is 1. The molecular weight excluding hydrogens is 294 g/mol. The zero-order chi connectivity index (χ0) is 16.8. The van der Waals surface area contributed by atoms with Crippen LogP contribution in [0.3, 0.4) is 0 Å². The molecule has 0 saturated carbocycles. The lowest BCUT2D eigenvalue weighted by Crippen LogP contribution is -2.39. The second-order valence-electron chi connectivity index (χ2n) is 5.43. The summed E-state index contributed by atoms with van der Waals surface area (Å²) < 4.78 is 1.78. The number of carbonyl (C=O) groups excluding carboxylic acids is 1. The van der Waals surface area contributed by atoms with Crippen molar-refractivity contribution in [2.45, 2.75) is 33.2 Å². The molecule has 1 amide bonds. The average Bonchev–Trinajstić information content (AvgIpc) is 2.51. The second kappa shape index (κ2) is 7.49. The molecule has 0 fully saturated rings. The van der Waals surface area contributed by atoms with E-state index in [1.54, 1.807) is 17.6 Å². The van der Waals surface area contributed by atoms with Crippen molar-refractivity contribution < 1.29 is 14.3 Å². The van der Waals surface area contributed by atoms with Crippen LogP contribution in [0.1, 0.15) is 24.5 Å². The molecule has 120 valence electrons.